The Kier molecular flexibility index (Phi) is 2.39. The molecule has 0 aliphatic rings. The Balaban J connectivity index is 2.70. The first-order valence-electron chi connectivity index (χ1n) is 3.36. The topological polar surface area (TPSA) is 50.9 Å². The van der Waals surface area contributed by atoms with E-state index in [2.05, 4.69) is 10.1 Å². The van der Waals surface area contributed by atoms with Gasteiger partial charge in [0.05, 0.1) is 6.61 Å². The molecule has 4 heteroatoms. The zero-order valence-electron chi connectivity index (χ0n) is 5.99. The van der Waals surface area contributed by atoms with Gasteiger partial charge in [-0.3, -0.25) is 4.68 Å². The van der Waals surface area contributed by atoms with Crippen LogP contribution in [0.5, 0.6) is 0 Å². The van der Waals surface area contributed by atoms with E-state index < -0.39 is 0 Å². The predicted octanol–water partition coefficient (Wildman–Crippen LogP) is -0.167. The minimum Gasteiger partial charge on any atom is -0.396 e. The zero-order chi connectivity index (χ0) is 7.40. The van der Waals surface area contributed by atoms with E-state index in [1.165, 1.54) is 6.33 Å². The first-order chi connectivity index (χ1) is 4.88. The molecule has 0 spiro atoms. The van der Waals surface area contributed by atoms with E-state index in [0.717, 1.165) is 12.4 Å². The van der Waals surface area contributed by atoms with Gasteiger partial charge in [-0.1, -0.05) is 0 Å². The lowest BCUT2D eigenvalue weighted by molar-refractivity contribution is 0.294. The van der Waals surface area contributed by atoms with Crippen LogP contribution in [0.25, 0.3) is 0 Å². The quantitative estimate of drug-likeness (QED) is 0.636. The molecule has 0 saturated carbocycles. The van der Waals surface area contributed by atoms with Gasteiger partial charge in [0, 0.05) is 13.0 Å². The van der Waals surface area contributed by atoms with Crippen LogP contribution >= 0.6 is 0 Å². The summed E-state index contributed by atoms with van der Waals surface area (Å²) < 4.78 is 1.77. The molecule has 1 N–H and O–H groups in total. The van der Waals surface area contributed by atoms with Crippen LogP contribution in [0.2, 0.25) is 0 Å². The fraction of sp³-hybridized carbons (Fsp3) is 0.667. The lowest BCUT2D eigenvalue weighted by Gasteiger charge is -1.98. The molecule has 0 unspecified atom stereocenters. The van der Waals surface area contributed by atoms with Gasteiger partial charge in [0.2, 0.25) is 0 Å². The molecule has 1 aromatic rings. The summed E-state index contributed by atoms with van der Waals surface area (Å²) in [6.45, 7) is 2.95. The summed E-state index contributed by atoms with van der Waals surface area (Å²) in [5.74, 6) is 0.852. The maximum Gasteiger partial charge on any atom is 0.138 e. The van der Waals surface area contributed by atoms with Crippen LogP contribution < -0.4 is 0 Å². The van der Waals surface area contributed by atoms with E-state index >= 15 is 0 Å². The summed E-state index contributed by atoms with van der Waals surface area (Å²) in [5.41, 5.74) is 0. The molecule has 0 aliphatic carbocycles. The van der Waals surface area contributed by atoms with Gasteiger partial charge >= 0.3 is 0 Å². The van der Waals surface area contributed by atoms with Gasteiger partial charge in [-0.05, 0) is 6.92 Å². The number of aromatic nitrogens is 3. The largest absolute Gasteiger partial charge is 0.396 e. The van der Waals surface area contributed by atoms with Crippen molar-refractivity contribution in [2.75, 3.05) is 6.61 Å². The van der Waals surface area contributed by atoms with Crippen LogP contribution in [0.15, 0.2) is 6.33 Å². The smallest absolute Gasteiger partial charge is 0.138 e. The van der Waals surface area contributed by atoms with E-state index in [9.17, 15) is 0 Å². The van der Waals surface area contributed by atoms with Crippen molar-refractivity contribution in [1.29, 1.82) is 0 Å². The fourth-order valence-electron chi connectivity index (χ4n) is 0.846. The average Bonchev–Trinajstić information content (AvgIpc) is 2.36. The molecule has 1 rings (SSSR count). The van der Waals surface area contributed by atoms with Gasteiger partial charge in [0.1, 0.15) is 12.2 Å². The van der Waals surface area contributed by atoms with Gasteiger partial charge in [-0.2, -0.15) is 5.10 Å². The van der Waals surface area contributed by atoms with Crippen LogP contribution in [0, 0.1) is 0 Å². The maximum atomic E-state index is 8.58. The highest BCUT2D eigenvalue weighted by atomic mass is 16.3. The molecule has 0 aliphatic heterocycles. The molecular weight excluding hydrogens is 130 g/mol. The van der Waals surface area contributed by atoms with Crippen molar-refractivity contribution in [1.82, 2.24) is 14.8 Å². The van der Waals surface area contributed by atoms with Crippen LogP contribution in [0.3, 0.4) is 0 Å². The van der Waals surface area contributed by atoms with E-state index in [0.29, 0.717) is 6.42 Å². The van der Waals surface area contributed by atoms with Crippen molar-refractivity contribution >= 4 is 0 Å². The van der Waals surface area contributed by atoms with Crippen molar-refractivity contribution < 1.29 is 5.11 Å². The second kappa shape index (κ2) is 3.31. The zero-order valence-corrected chi connectivity index (χ0v) is 5.99. The van der Waals surface area contributed by atoms with Gasteiger partial charge in [0.25, 0.3) is 0 Å². The highest BCUT2D eigenvalue weighted by molar-refractivity contribution is 4.83. The lowest BCUT2D eigenvalue weighted by Crippen LogP contribution is -2.05. The first-order valence-corrected chi connectivity index (χ1v) is 3.36. The molecule has 0 saturated heterocycles. The third kappa shape index (κ3) is 1.33. The molecular formula is C6H11N3O. The third-order valence-electron chi connectivity index (χ3n) is 1.33. The Morgan fingerprint density at radius 3 is 3.10 bits per heavy atom. The average molecular weight is 141 g/mol. The molecule has 4 nitrogen and oxygen atoms in total. The van der Waals surface area contributed by atoms with Crippen molar-refractivity contribution in [3.63, 3.8) is 0 Å². The number of aryl methyl sites for hydroxylation is 1. The Morgan fingerprint density at radius 2 is 2.50 bits per heavy atom. The normalized spacial score (nSPS) is 10.2. The van der Waals surface area contributed by atoms with Crippen LogP contribution in [0.1, 0.15) is 12.7 Å². The van der Waals surface area contributed by atoms with Gasteiger partial charge in [-0.25, -0.2) is 4.98 Å². The van der Waals surface area contributed by atoms with E-state index in [4.69, 9.17) is 5.11 Å². The SMILES string of the molecule is CCn1ncnc1CCO. The molecule has 0 radical (unpaired) electrons. The number of nitrogens with zero attached hydrogens (tertiary/aromatic N) is 3. The Hall–Kier alpha value is -0.900. The maximum absolute atomic E-state index is 8.58. The highest BCUT2D eigenvalue weighted by Crippen LogP contribution is 1.93. The molecule has 0 aromatic carbocycles. The summed E-state index contributed by atoms with van der Waals surface area (Å²) >= 11 is 0. The summed E-state index contributed by atoms with van der Waals surface area (Å²) in [5, 5.41) is 12.5. The van der Waals surface area contributed by atoms with Crippen LogP contribution in [-0.2, 0) is 13.0 Å². The molecule has 10 heavy (non-hydrogen) atoms. The number of rotatable bonds is 3. The van der Waals surface area contributed by atoms with Crippen LogP contribution in [-0.4, -0.2) is 26.5 Å². The van der Waals surface area contributed by atoms with E-state index in [1.54, 1.807) is 4.68 Å². The summed E-state index contributed by atoms with van der Waals surface area (Å²) in [4.78, 5) is 3.97. The molecule has 0 atom stereocenters. The molecule has 0 fully saturated rings. The monoisotopic (exact) mass is 141 g/mol. The second-order valence-electron chi connectivity index (χ2n) is 1.97. The fourth-order valence-corrected chi connectivity index (χ4v) is 0.846. The Morgan fingerprint density at radius 1 is 1.70 bits per heavy atom. The molecule has 1 heterocycles. The molecule has 0 amide bonds. The van der Waals surface area contributed by atoms with E-state index in [-0.39, 0.29) is 6.61 Å². The standard InChI is InChI=1S/C6H11N3O/c1-2-9-6(3-4-10)7-5-8-9/h5,10H,2-4H2,1H3. The second-order valence-corrected chi connectivity index (χ2v) is 1.97. The Bertz CT molecular complexity index is 197. The number of hydrogen-bond donors (Lipinski definition) is 1. The van der Waals surface area contributed by atoms with Gasteiger partial charge < -0.3 is 5.11 Å². The third-order valence-corrected chi connectivity index (χ3v) is 1.33. The molecule has 1 aromatic heterocycles. The summed E-state index contributed by atoms with van der Waals surface area (Å²) in [6, 6.07) is 0. The van der Waals surface area contributed by atoms with Gasteiger partial charge in [-0.15, -0.1) is 0 Å². The van der Waals surface area contributed by atoms with Crippen molar-refractivity contribution in [3.8, 4) is 0 Å². The number of aliphatic hydroxyl groups excluding tert-OH is 1. The van der Waals surface area contributed by atoms with E-state index in [1.807, 2.05) is 6.92 Å². The molecule has 56 valence electrons. The first kappa shape index (κ1) is 7.21. The van der Waals surface area contributed by atoms with Gasteiger partial charge in [0.15, 0.2) is 0 Å². The highest BCUT2D eigenvalue weighted by Gasteiger charge is 1.99. The van der Waals surface area contributed by atoms with Crippen molar-refractivity contribution in [2.45, 2.75) is 19.9 Å². The lowest BCUT2D eigenvalue weighted by atomic mass is 10.4. The Labute approximate surface area is 59.5 Å². The minimum atomic E-state index is 0.138. The molecule has 0 bridgehead atoms. The van der Waals surface area contributed by atoms with Crippen LogP contribution in [0.4, 0.5) is 0 Å². The summed E-state index contributed by atoms with van der Waals surface area (Å²) in [7, 11) is 0. The minimum absolute atomic E-state index is 0.138. The number of aliphatic hydroxyl groups is 1. The van der Waals surface area contributed by atoms with Crippen molar-refractivity contribution in [3.05, 3.63) is 12.2 Å². The number of hydrogen-bond acceptors (Lipinski definition) is 3. The van der Waals surface area contributed by atoms with Crippen molar-refractivity contribution in [2.24, 2.45) is 0 Å². The summed E-state index contributed by atoms with van der Waals surface area (Å²) in [6.07, 6.45) is 2.10. The predicted molar refractivity (Wildman–Crippen MR) is 36.5 cm³/mol.